The maximum Gasteiger partial charge on any atom is 0.295 e. The van der Waals surface area contributed by atoms with Crippen LogP contribution in [0.4, 0.5) is 8.78 Å². The van der Waals surface area contributed by atoms with Crippen LogP contribution in [0.5, 0.6) is 5.75 Å². The van der Waals surface area contributed by atoms with E-state index in [-0.39, 0.29) is 5.91 Å². The minimum atomic E-state index is -2.68. The number of rotatable bonds is 6. The number of carbonyl (C=O) groups excluding carboxylic acids is 1. The summed E-state index contributed by atoms with van der Waals surface area (Å²) in [7, 11) is 0. The topological polar surface area (TPSA) is 67.0 Å². The monoisotopic (exact) mass is 409 g/mol. The van der Waals surface area contributed by atoms with Crippen LogP contribution in [-0.4, -0.2) is 29.0 Å². The van der Waals surface area contributed by atoms with Gasteiger partial charge in [0.25, 0.3) is 12.3 Å². The standard InChI is InChI=1S/C17H14BrF2N3O2/c18-11-2-1-3-12(9-11)25-7-6-21-17(24)10-4-5-13-14(8-10)23-16(22-13)15(19)20/h1-5,8-9,15H,6-7H2,(H,21,24)(H,22,23). The zero-order valence-electron chi connectivity index (χ0n) is 12.9. The van der Waals surface area contributed by atoms with Crippen molar-refractivity contribution in [3.8, 4) is 5.75 Å². The molecule has 130 valence electrons. The maximum absolute atomic E-state index is 12.6. The summed E-state index contributed by atoms with van der Waals surface area (Å²) in [6, 6.07) is 12.0. The van der Waals surface area contributed by atoms with E-state index in [0.717, 1.165) is 4.47 Å². The van der Waals surface area contributed by atoms with Gasteiger partial charge in [0.05, 0.1) is 17.6 Å². The average Bonchev–Trinajstić information content (AvgIpc) is 3.02. The molecule has 0 bridgehead atoms. The van der Waals surface area contributed by atoms with Crippen molar-refractivity contribution in [2.24, 2.45) is 0 Å². The third-order valence-electron chi connectivity index (χ3n) is 3.42. The Morgan fingerprint density at radius 2 is 2.12 bits per heavy atom. The summed E-state index contributed by atoms with van der Waals surface area (Å²) < 4.78 is 31.7. The first-order valence-electron chi connectivity index (χ1n) is 7.47. The van der Waals surface area contributed by atoms with Crippen molar-refractivity contribution < 1.29 is 18.3 Å². The highest BCUT2D eigenvalue weighted by molar-refractivity contribution is 9.10. The van der Waals surface area contributed by atoms with Crippen molar-refractivity contribution in [2.45, 2.75) is 6.43 Å². The number of ether oxygens (including phenoxy) is 1. The van der Waals surface area contributed by atoms with Crippen molar-refractivity contribution in [1.82, 2.24) is 15.3 Å². The van der Waals surface area contributed by atoms with E-state index in [1.165, 1.54) is 12.1 Å². The van der Waals surface area contributed by atoms with Gasteiger partial charge in [0.2, 0.25) is 0 Å². The fourth-order valence-electron chi connectivity index (χ4n) is 2.27. The van der Waals surface area contributed by atoms with Gasteiger partial charge in [-0.1, -0.05) is 22.0 Å². The van der Waals surface area contributed by atoms with Crippen molar-refractivity contribution in [2.75, 3.05) is 13.2 Å². The number of H-pyrrole nitrogens is 1. The van der Waals surface area contributed by atoms with E-state index < -0.39 is 12.2 Å². The third kappa shape index (κ3) is 4.33. The number of nitrogens with zero attached hydrogens (tertiary/aromatic N) is 1. The first-order valence-corrected chi connectivity index (χ1v) is 8.26. The van der Waals surface area contributed by atoms with E-state index in [4.69, 9.17) is 4.74 Å². The van der Waals surface area contributed by atoms with Crippen LogP contribution in [0, 0.1) is 0 Å². The van der Waals surface area contributed by atoms with Gasteiger partial charge in [-0.2, -0.15) is 0 Å². The number of hydrogen-bond donors (Lipinski definition) is 2. The fourth-order valence-corrected chi connectivity index (χ4v) is 2.64. The van der Waals surface area contributed by atoms with Gasteiger partial charge >= 0.3 is 0 Å². The molecule has 3 rings (SSSR count). The molecule has 8 heteroatoms. The number of carbonyl (C=O) groups is 1. The number of nitrogens with one attached hydrogen (secondary N) is 2. The molecule has 2 N–H and O–H groups in total. The van der Waals surface area contributed by atoms with E-state index in [0.29, 0.717) is 35.5 Å². The normalized spacial score (nSPS) is 11.0. The minimum Gasteiger partial charge on any atom is -0.492 e. The van der Waals surface area contributed by atoms with E-state index in [9.17, 15) is 13.6 Å². The number of amides is 1. The number of aromatic amines is 1. The fraction of sp³-hybridized carbons (Fsp3) is 0.176. The van der Waals surface area contributed by atoms with Crippen molar-refractivity contribution in [1.29, 1.82) is 0 Å². The summed E-state index contributed by atoms with van der Waals surface area (Å²) in [6.07, 6.45) is -2.68. The predicted molar refractivity (Wildman–Crippen MR) is 93.0 cm³/mol. The van der Waals surface area contributed by atoms with Gasteiger partial charge in [-0.05, 0) is 36.4 Å². The second-order valence-electron chi connectivity index (χ2n) is 5.22. The van der Waals surface area contributed by atoms with Crippen molar-refractivity contribution in [3.05, 3.63) is 58.3 Å². The highest BCUT2D eigenvalue weighted by Gasteiger charge is 2.14. The second kappa shape index (κ2) is 7.60. The molecule has 0 atom stereocenters. The highest BCUT2D eigenvalue weighted by atomic mass is 79.9. The summed E-state index contributed by atoms with van der Waals surface area (Å²) in [4.78, 5) is 18.4. The summed E-state index contributed by atoms with van der Waals surface area (Å²) in [5.74, 6) is -0.0232. The Kier molecular flexibility index (Phi) is 5.28. The first kappa shape index (κ1) is 17.3. The SMILES string of the molecule is O=C(NCCOc1cccc(Br)c1)c1ccc2nc(C(F)F)[nH]c2c1. The molecule has 5 nitrogen and oxygen atoms in total. The Balaban J connectivity index is 1.56. The zero-order chi connectivity index (χ0) is 17.8. The van der Waals surface area contributed by atoms with Crippen LogP contribution in [0.1, 0.15) is 22.6 Å². The van der Waals surface area contributed by atoms with Crippen LogP contribution < -0.4 is 10.1 Å². The molecule has 2 aromatic carbocycles. The first-order chi connectivity index (χ1) is 12.0. The number of hydrogen-bond acceptors (Lipinski definition) is 3. The summed E-state index contributed by atoms with van der Waals surface area (Å²) in [5.41, 5.74) is 1.15. The third-order valence-corrected chi connectivity index (χ3v) is 3.91. The number of aromatic nitrogens is 2. The molecule has 0 aliphatic rings. The van der Waals surface area contributed by atoms with E-state index in [2.05, 4.69) is 31.2 Å². The lowest BCUT2D eigenvalue weighted by atomic mass is 10.2. The summed E-state index contributed by atoms with van der Waals surface area (Å²) in [6.45, 7) is 0.624. The van der Waals surface area contributed by atoms with Gasteiger partial charge in [-0.15, -0.1) is 0 Å². The molecule has 0 fully saturated rings. The Labute approximate surface area is 150 Å². The van der Waals surface area contributed by atoms with E-state index in [1.807, 2.05) is 24.3 Å². The van der Waals surface area contributed by atoms with Crippen LogP contribution in [0.25, 0.3) is 11.0 Å². The van der Waals surface area contributed by atoms with Gasteiger partial charge in [0.1, 0.15) is 12.4 Å². The largest absolute Gasteiger partial charge is 0.492 e. The molecule has 25 heavy (non-hydrogen) atoms. The molecule has 0 spiro atoms. The van der Waals surface area contributed by atoms with Gasteiger partial charge in [-0.25, -0.2) is 13.8 Å². The number of alkyl halides is 2. The van der Waals surface area contributed by atoms with E-state index >= 15 is 0 Å². The van der Waals surface area contributed by atoms with Crippen LogP contribution >= 0.6 is 15.9 Å². The van der Waals surface area contributed by atoms with Crippen LogP contribution in [0.15, 0.2) is 46.9 Å². The molecule has 0 saturated carbocycles. The van der Waals surface area contributed by atoms with Crippen LogP contribution in [0.3, 0.4) is 0 Å². The molecular weight excluding hydrogens is 396 g/mol. The number of imidazole rings is 1. The van der Waals surface area contributed by atoms with Gasteiger partial charge in [-0.3, -0.25) is 4.79 Å². The Morgan fingerprint density at radius 3 is 2.88 bits per heavy atom. The van der Waals surface area contributed by atoms with Gasteiger partial charge in [0.15, 0.2) is 5.82 Å². The molecular formula is C17H14BrF2N3O2. The smallest absolute Gasteiger partial charge is 0.295 e. The lowest BCUT2D eigenvalue weighted by Crippen LogP contribution is -2.28. The highest BCUT2D eigenvalue weighted by Crippen LogP contribution is 2.20. The lowest BCUT2D eigenvalue weighted by molar-refractivity contribution is 0.0947. The summed E-state index contributed by atoms with van der Waals surface area (Å²) in [5, 5.41) is 2.72. The average molecular weight is 410 g/mol. The lowest BCUT2D eigenvalue weighted by Gasteiger charge is -2.08. The molecule has 0 aliphatic heterocycles. The van der Waals surface area contributed by atoms with Crippen molar-refractivity contribution in [3.63, 3.8) is 0 Å². The molecule has 0 unspecified atom stereocenters. The number of halogens is 3. The minimum absolute atomic E-state index is 0.310. The zero-order valence-corrected chi connectivity index (χ0v) is 14.5. The molecule has 1 aromatic heterocycles. The Bertz CT molecular complexity index is 898. The molecule has 0 radical (unpaired) electrons. The van der Waals surface area contributed by atoms with Crippen molar-refractivity contribution >= 4 is 32.9 Å². The molecule has 1 amide bonds. The summed E-state index contributed by atoms with van der Waals surface area (Å²) >= 11 is 3.35. The molecule has 0 aliphatic carbocycles. The van der Waals surface area contributed by atoms with Crippen LogP contribution in [0.2, 0.25) is 0 Å². The molecule has 0 saturated heterocycles. The Morgan fingerprint density at radius 1 is 1.28 bits per heavy atom. The van der Waals surface area contributed by atoms with E-state index in [1.54, 1.807) is 6.07 Å². The quantitative estimate of drug-likeness (QED) is 0.602. The number of benzene rings is 2. The Hall–Kier alpha value is -2.48. The second-order valence-corrected chi connectivity index (χ2v) is 6.13. The maximum atomic E-state index is 12.6. The van der Waals surface area contributed by atoms with Gasteiger partial charge in [0, 0.05) is 10.0 Å². The molecule has 1 heterocycles. The molecule has 3 aromatic rings. The van der Waals surface area contributed by atoms with Crippen LogP contribution in [-0.2, 0) is 0 Å². The van der Waals surface area contributed by atoms with Gasteiger partial charge < -0.3 is 15.0 Å². The predicted octanol–water partition coefficient (Wildman–Crippen LogP) is 4.07. The number of fused-ring (bicyclic) bond motifs is 1.